The normalized spacial score (nSPS) is 19.9. The molecule has 1 atom stereocenters. The molecule has 1 aliphatic heterocycles. The van der Waals surface area contributed by atoms with E-state index in [0.29, 0.717) is 11.0 Å². The second-order valence-corrected chi connectivity index (χ2v) is 5.48. The average molecular weight is 268 g/mol. The molecule has 2 heterocycles. The zero-order valence-electron chi connectivity index (χ0n) is 11.0. The van der Waals surface area contributed by atoms with Crippen LogP contribution in [0.25, 0.3) is 0 Å². The van der Waals surface area contributed by atoms with Gasteiger partial charge in [0.15, 0.2) is 0 Å². The molecule has 18 heavy (non-hydrogen) atoms. The van der Waals surface area contributed by atoms with E-state index in [1.807, 2.05) is 11.8 Å². The fourth-order valence-electron chi connectivity index (χ4n) is 2.35. The summed E-state index contributed by atoms with van der Waals surface area (Å²) in [5.74, 6) is 0.0446. The van der Waals surface area contributed by atoms with Crippen molar-refractivity contribution >= 4 is 22.4 Å². The molecule has 100 valence electrons. The second-order valence-electron chi connectivity index (χ2n) is 4.50. The summed E-state index contributed by atoms with van der Waals surface area (Å²) in [6, 6.07) is 0.373. The van der Waals surface area contributed by atoms with Gasteiger partial charge in [0.1, 0.15) is 0 Å². The van der Waals surface area contributed by atoms with Gasteiger partial charge in [-0.05, 0) is 32.6 Å². The van der Waals surface area contributed by atoms with E-state index in [4.69, 9.17) is 0 Å². The van der Waals surface area contributed by atoms with E-state index in [1.54, 1.807) is 0 Å². The quantitative estimate of drug-likeness (QED) is 0.911. The van der Waals surface area contributed by atoms with Crippen LogP contribution >= 0.6 is 11.3 Å². The molecule has 0 aromatic carbocycles. The first-order valence-corrected chi connectivity index (χ1v) is 7.46. The number of aromatic nitrogens is 2. The molecule has 1 aliphatic rings. The van der Waals surface area contributed by atoms with Gasteiger partial charge in [0.25, 0.3) is 5.91 Å². The van der Waals surface area contributed by atoms with Crippen LogP contribution in [-0.4, -0.2) is 40.1 Å². The van der Waals surface area contributed by atoms with Crippen molar-refractivity contribution < 1.29 is 4.79 Å². The van der Waals surface area contributed by atoms with E-state index in [9.17, 15) is 4.79 Å². The minimum Gasteiger partial charge on any atom is -0.360 e. The summed E-state index contributed by atoms with van der Waals surface area (Å²) in [4.78, 5) is 14.4. The highest BCUT2D eigenvalue weighted by atomic mass is 32.1. The number of carbonyl (C=O) groups is 1. The van der Waals surface area contributed by atoms with Crippen molar-refractivity contribution in [2.45, 2.75) is 45.6 Å². The maximum atomic E-state index is 12.4. The largest absolute Gasteiger partial charge is 0.360 e. The Morgan fingerprint density at radius 2 is 2.28 bits per heavy atom. The molecule has 1 aromatic rings. The predicted molar refractivity (Wildman–Crippen MR) is 73.0 cm³/mol. The van der Waals surface area contributed by atoms with E-state index in [1.165, 1.54) is 17.8 Å². The van der Waals surface area contributed by atoms with Gasteiger partial charge in [0.05, 0.1) is 0 Å². The smallest absolute Gasteiger partial charge is 0.285 e. The van der Waals surface area contributed by atoms with Gasteiger partial charge >= 0.3 is 0 Å². The fourth-order valence-corrected chi connectivity index (χ4v) is 3.12. The summed E-state index contributed by atoms with van der Waals surface area (Å²) in [5.41, 5.74) is 0. The van der Waals surface area contributed by atoms with Crippen LogP contribution in [0.1, 0.15) is 49.3 Å². The molecule has 0 saturated carbocycles. The van der Waals surface area contributed by atoms with Crippen molar-refractivity contribution in [3.05, 3.63) is 5.01 Å². The lowest BCUT2D eigenvalue weighted by atomic mass is 10.00. The highest BCUT2D eigenvalue weighted by molar-refractivity contribution is 7.17. The SMILES string of the molecule is CCNc1nnc(C(=O)N2CCCCC2CC)s1. The van der Waals surface area contributed by atoms with Crippen molar-refractivity contribution in [2.75, 3.05) is 18.4 Å². The van der Waals surface area contributed by atoms with E-state index >= 15 is 0 Å². The summed E-state index contributed by atoms with van der Waals surface area (Å²) in [5, 5.41) is 12.3. The van der Waals surface area contributed by atoms with E-state index in [2.05, 4.69) is 22.4 Å². The Morgan fingerprint density at radius 1 is 1.44 bits per heavy atom. The number of amides is 1. The Morgan fingerprint density at radius 3 is 3.00 bits per heavy atom. The Bertz CT molecular complexity index is 407. The van der Waals surface area contributed by atoms with Crippen molar-refractivity contribution in [1.29, 1.82) is 0 Å². The lowest BCUT2D eigenvalue weighted by Gasteiger charge is -2.34. The summed E-state index contributed by atoms with van der Waals surface area (Å²) in [7, 11) is 0. The highest BCUT2D eigenvalue weighted by Gasteiger charge is 2.28. The van der Waals surface area contributed by atoms with E-state index < -0.39 is 0 Å². The molecule has 0 spiro atoms. The Kier molecular flexibility index (Phi) is 4.52. The van der Waals surface area contributed by atoms with Crippen LogP contribution in [-0.2, 0) is 0 Å². The molecule has 1 amide bonds. The lowest BCUT2D eigenvalue weighted by molar-refractivity contribution is 0.0607. The van der Waals surface area contributed by atoms with Crippen molar-refractivity contribution in [1.82, 2.24) is 15.1 Å². The number of carbonyl (C=O) groups excluding carboxylic acids is 1. The van der Waals surface area contributed by atoms with Gasteiger partial charge in [-0.2, -0.15) is 0 Å². The number of hydrogen-bond acceptors (Lipinski definition) is 5. The third-order valence-electron chi connectivity index (χ3n) is 3.30. The lowest BCUT2D eigenvalue weighted by Crippen LogP contribution is -2.43. The van der Waals surface area contributed by atoms with Crippen LogP contribution < -0.4 is 5.32 Å². The maximum absolute atomic E-state index is 12.4. The molecular formula is C12H20N4OS. The van der Waals surface area contributed by atoms with Gasteiger partial charge in [-0.15, -0.1) is 10.2 Å². The summed E-state index contributed by atoms with van der Waals surface area (Å²) in [6.45, 7) is 5.79. The van der Waals surface area contributed by atoms with E-state index in [0.717, 1.165) is 37.5 Å². The van der Waals surface area contributed by atoms with Gasteiger partial charge in [-0.3, -0.25) is 4.79 Å². The number of anilines is 1. The molecular weight excluding hydrogens is 248 g/mol. The number of hydrogen-bond donors (Lipinski definition) is 1. The maximum Gasteiger partial charge on any atom is 0.285 e. The molecule has 1 aromatic heterocycles. The summed E-state index contributed by atoms with van der Waals surface area (Å²) in [6.07, 6.45) is 4.45. The highest BCUT2D eigenvalue weighted by Crippen LogP contribution is 2.24. The van der Waals surface area contributed by atoms with Gasteiger partial charge in [-0.1, -0.05) is 18.3 Å². The number of rotatable bonds is 4. The molecule has 2 rings (SSSR count). The summed E-state index contributed by atoms with van der Waals surface area (Å²) < 4.78 is 0. The van der Waals surface area contributed by atoms with Gasteiger partial charge < -0.3 is 10.2 Å². The third-order valence-corrected chi connectivity index (χ3v) is 4.16. The van der Waals surface area contributed by atoms with Crippen LogP contribution in [0, 0.1) is 0 Å². The minimum absolute atomic E-state index is 0.0446. The second kappa shape index (κ2) is 6.13. The Hall–Kier alpha value is -1.17. The Labute approximate surface area is 112 Å². The predicted octanol–water partition coefficient (Wildman–Crippen LogP) is 2.37. The number of piperidine rings is 1. The molecule has 5 nitrogen and oxygen atoms in total. The fraction of sp³-hybridized carbons (Fsp3) is 0.750. The molecule has 1 N–H and O–H groups in total. The molecule has 0 radical (unpaired) electrons. The molecule has 1 unspecified atom stereocenters. The van der Waals surface area contributed by atoms with Crippen molar-refractivity contribution in [2.24, 2.45) is 0 Å². The van der Waals surface area contributed by atoms with Crippen LogP contribution in [0.15, 0.2) is 0 Å². The minimum atomic E-state index is 0.0446. The zero-order valence-corrected chi connectivity index (χ0v) is 11.8. The zero-order chi connectivity index (χ0) is 13.0. The van der Waals surface area contributed by atoms with Gasteiger partial charge in [-0.25, -0.2) is 0 Å². The first-order valence-electron chi connectivity index (χ1n) is 6.64. The molecule has 1 fully saturated rings. The average Bonchev–Trinajstić information content (AvgIpc) is 2.87. The monoisotopic (exact) mass is 268 g/mol. The van der Waals surface area contributed by atoms with Crippen LogP contribution in [0.2, 0.25) is 0 Å². The first kappa shape index (κ1) is 13.3. The number of likely N-dealkylation sites (tertiary alicyclic amines) is 1. The molecule has 6 heteroatoms. The van der Waals surface area contributed by atoms with Crippen LogP contribution in [0.3, 0.4) is 0 Å². The van der Waals surface area contributed by atoms with Crippen LogP contribution in [0.4, 0.5) is 5.13 Å². The van der Waals surface area contributed by atoms with Gasteiger partial charge in [0.2, 0.25) is 10.1 Å². The topological polar surface area (TPSA) is 58.1 Å². The Balaban J connectivity index is 2.08. The van der Waals surface area contributed by atoms with Crippen LogP contribution in [0.5, 0.6) is 0 Å². The standard InChI is InChI=1S/C12H20N4OS/c1-3-9-7-5-6-8-16(9)11(17)10-14-15-12(18-10)13-4-2/h9H,3-8H2,1-2H3,(H,13,15). The first-order chi connectivity index (χ1) is 8.76. The number of nitrogens with zero attached hydrogens (tertiary/aromatic N) is 3. The third kappa shape index (κ3) is 2.80. The number of nitrogens with one attached hydrogen (secondary N) is 1. The van der Waals surface area contributed by atoms with E-state index in [-0.39, 0.29) is 5.91 Å². The van der Waals surface area contributed by atoms with Gasteiger partial charge in [0, 0.05) is 19.1 Å². The molecule has 1 saturated heterocycles. The van der Waals surface area contributed by atoms with Crippen molar-refractivity contribution in [3.8, 4) is 0 Å². The molecule has 0 bridgehead atoms. The van der Waals surface area contributed by atoms with Crippen molar-refractivity contribution in [3.63, 3.8) is 0 Å². The molecule has 0 aliphatic carbocycles. The summed E-state index contributed by atoms with van der Waals surface area (Å²) >= 11 is 1.35.